The number of hydrogen-bond donors (Lipinski definition) is 1. The number of nitrogens with zero attached hydrogens (tertiary/aromatic N) is 2. The molecule has 4 unspecified atom stereocenters. The Kier molecular flexibility index (Phi) is 9.96. The van der Waals surface area contributed by atoms with Crippen molar-refractivity contribution in [3.63, 3.8) is 0 Å². The standard InChI is InChI=1S/C20H29N3O5S2/c1-4-9-15(28-3)12-8-13-23(20(25)29-21-2)19(24)17-16(18(17)22-30(26)27)14-10-6-5-7-11-14/h5-7,10-11,15-18,21H,4,8-9,12-13H2,1-3H3. The smallest absolute Gasteiger partial charge is 0.311 e. The molecule has 0 bridgehead atoms. The Hall–Kier alpha value is -1.75. The maximum absolute atomic E-state index is 13.2. The predicted octanol–water partition coefficient (Wildman–Crippen LogP) is 3.24. The monoisotopic (exact) mass is 455 g/mol. The molecular formula is C20H29N3O5S2. The number of benzene rings is 1. The lowest BCUT2D eigenvalue weighted by atomic mass is 10.1. The highest BCUT2D eigenvalue weighted by molar-refractivity contribution is 8.11. The third-order valence-corrected chi connectivity index (χ3v) is 6.20. The summed E-state index contributed by atoms with van der Waals surface area (Å²) < 4.78 is 34.2. The minimum atomic E-state index is -2.62. The van der Waals surface area contributed by atoms with Crippen LogP contribution >= 0.6 is 11.9 Å². The molecule has 1 aromatic carbocycles. The minimum absolute atomic E-state index is 0.0858. The molecule has 1 aliphatic rings. The molecule has 0 aliphatic heterocycles. The van der Waals surface area contributed by atoms with Gasteiger partial charge in [0.25, 0.3) is 0 Å². The number of ether oxygens (including phenoxy) is 1. The van der Waals surface area contributed by atoms with Gasteiger partial charge in [-0.25, -0.2) is 0 Å². The van der Waals surface area contributed by atoms with E-state index in [0.29, 0.717) is 6.42 Å². The normalized spacial score (nSPS) is 21.0. The molecule has 8 nitrogen and oxygen atoms in total. The summed E-state index contributed by atoms with van der Waals surface area (Å²) >= 11 is 0.833. The Morgan fingerprint density at radius 3 is 2.53 bits per heavy atom. The molecule has 2 rings (SSSR count). The van der Waals surface area contributed by atoms with Crippen molar-refractivity contribution in [3.05, 3.63) is 35.9 Å². The number of imide groups is 1. The van der Waals surface area contributed by atoms with Crippen molar-refractivity contribution in [2.75, 3.05) is 20.7 Å². The van der Waals surface area contributed by atoms with Crippen LogP contribution in [-0.2, 0) is 20.0 Å². The van der Waals surface area contributed by atoms with Gasteiger partial charge in [0.2, 0.25) is 5.91 Å². The van der Waals surface area contributed by atoms with Crippen molar-refractivity contribution in [3.8, 4) is 0 Å². The van der Waals surface area contributed by atoms with Gasteiger partial charge in [0.05, 0.1) is 18.1 Å². The van der Waals surface area contributed by atoms with Gasteiger partial charge in [-0.1, -0.05) is 43.7 Å². The number of carbonyl (C=O) groups excluding carboxylic acids is 2. The average molecular weight is 456 g/mol. The van der Waals surface area contributed by atoms with Crippen LogP contribution in [0.2, 0.25) is 0 Å². The van der Waals surface area contributed by atoms with Crippen molar-refractivity contribution in [2.24, 2.45) is 10.3 Å². The summed E-state index contributed by atoms with van der Waals surface area (Å²) in [5.74, 6) is -1.40. The summed E-state index contributed by atoms with van der Waals surface area (Å²) in [6, 6.07) is 8.52. The Morgan fingerprint density at radius 2 is 1.97 bits per heavy atom. The largest absolute Gasteiger partial charge is 0.381 e. The minimum Gasteiger partial charge on any atom is -0.381 e. The van der Waals surface area contributed by atoms with Crippen LogP contribution in [0.15, 0.2) is 34.7 Å². The number of carbonyl (C=O) groups is 2. The number of amides is 2. The lowest BCUT2D eigenvalue weighted by Crippen LogP contribution is -2.38. The number of rotatable bonds is 11. The second-order valence-electron chi connectivity index (χ2n) is 7.13. The molecule has 0 aromatic heterocycles. The van der Waals surface area contributed by atoms with E-state index < -0.39 is 27.7 Å². The highest BCUT2D eigenvalue weighted by atomic mass is 32.2. The van der Waals surface area contributed by atoms with E-state index in [1.807, 2.05) is 30.3 Å². The van der Waals surface area contributed by atoms with E-state index in [1.54, 1.807) is 14.2 Å². The molecule has 1 fully saturated rings. The van der Waals surface area contributed by atoms with Crippen LogP contribution in [0.4, 0.5) is 4.79 Å². The lowest BCUT2D eigenvalue weighted by Gasteiger charge is -2.22. The Morgan fingerprint density at radius 1 is 1.27 bits per heavy atom. The van der Waals surface area contributed by atoms with Crippen LogP contribution in [0, 0.1) is 5.92 Å². The molecule has 4 atom stereocenters. The van der Waals surface area contributed by atoms with E-state index in [-0.39, 0.29) is 24.5 Å². The first kappa shape index (κ1) is 24.5. The zero-order chi connectivity index (χ0) is 22.1. The molecule has 10 heteroatoms. The molecule has 166 valence electrons. The molecule has 1 aliphatic carbocycles. The van der Waals surface area contributed by atoms with Gasteiger partial charge in [-0.2, -0.15) is 12.8 Å². The fraction of sp³-hybridized carbons (Fsp3) is 0.600. The molecule has 1 saturated carbocycles. The Bertz CT molecular complexity index is 839. The molecule has 0 saturated heterocycles. The molecule has 0 spiro atoms. The summed E-state index contributed by atoms with van der Waals surface area (Å²) in [6.45, 7) is 2.33. The van der Waals surface area contributed by atoms with Crippen LogP contribution < -0.4 is 4.72 Å². The van der Waals surface area contributed by atoms with E-state index >= 15 is 0 Å². The number of hydrogen-bond acceptors (Lipinski definition) is 8. The Balaban J connectivity index is 2.17. The van der Waals surface area contributed by atoms with E-state index in [9.17, 15) is 18.0 Å². The quantitative estimate of drug-likeness (QED) is 0.511. The van der Waals surface area contributed by atoms with Gasteiger partial charge in [0.1, 0.15) is 0 Å². The first-order valence-electron chi connectivity index (χ1n) is 10.0. The second-order valence-corrected chi connectivity index (χ2v) is 8.73. The summed E-state index contributed by atoms with van der Waals surface area (Å²) in [6.07, 6.45) is 3.34. The van der Waals surface area contributed by atoms with Gasteiger partial charge in [-0.3, -0.25) is 19.2 Å². The SMILES string of the molecule is CCCC(CCCN(C(=O)SNC)C(=O)C1C(N=S(=O)=O)C1c1ccccc1)OC. The second kappa shape index (κ2) is 12.2. The van der Waals surface area contributed by atoms with E-state index in [0.717, 1.165) is 36.8 Å². The van der Waals surface area contributed by atoms with E-state index in [1.165, 1.54) is 4.90 Å². The van der Waals surface area contributed by atoms with Gasteiger partial charge in [0, 0.05) is 31.5 Å². The third-order valence-electron chi connectivity index (χ3n) is 5.19. The molecular weight excluding hydrogens is 426 g/mol. The van der Waals surface area contributed by atoms with Crippen molar-refractivity contribution in [2.45, 2.75) is 50.7 Å². The first-order valence-corrected chi connectivity index (χ1v) is 11.9. The summed E-state index contributed by atoms with van der Waals surface area (Å²) in [7, 11) is 0.647. The number of methoxy groups -OCH3 is 1. The molecule has 1 aromatic rings. The van der Waals surface area contributed by atoms with Crippen molar-refractivity contribution >= 4 is 33.6 Å². The molecule has 0 heterocycles. The highest BCUT2D eigenvalue weighted by Gasteiger charge is 2.58. The zero-order valence-corrected chi connectivity index (χ0v) is 19.1. The van der Waals surface area contributed by atoms with Gasteiger partial charge < -0.3 is 4.74 Å². The van der Waals surface area contributed by atoms with Crippen LogP contribution in [0.5, 0.6) is 0 Å². The summed E-state index contributed by atoms with van der Waals surface area (Å²) in [5, 5.41) is -0.410. The molecule has 1 N–H and O–H groups in total. The fourth-order valence-electron chi connectivity index (χ4n) is 3.70. The maximum Gasteiger partial charge on any atom is 0.311 e. The zero-order valence-electron chi connectivity index (χ0n) is 17.5. The van der Waals surface area contributed by atoms with Gasteiger partial charge in [-0.05, 0) is 31.9 Å². The van der Waals surface area contributed by atoms with Crippen LogP contribution in [0.3, 0.4) is 0 Å². The molecule has 0 radical (unpaired) electrons. The van der Waals surface area contributed by atoms with Gasteiger partial charge in [-0.15, -0.1) is 0 Å². The number of nitrogens with one attached hydrogen (secondary N) is 1. The van der Waals surface area contributed by atoms with Crippen LogP contribution in [0.1, 0.15) is 44.1 Å². The van der Waals surface area contributed by atoms with Gasteiger partial charge in [0.15, 0.2) is 0 Å². The van der Waals surface area contributed by atoms with Crippen LogP contribution in [0.25, 0.3) is 0 Å². The lowest BCUT2D eigenvalue weighted by molar-refractivity contribution is -0.129. The fourth-order valence-corrected chi connectivity index (χ4v) is 4.62. The highest BCUT2D eigenvalue weighted by Crippen LogP contribution is 2.51. The first-order chi connectivity index (χ1) is 14.4. The van der Waals surface area contributed by atoms with E-state index in [2.05, 4.69) is 16.0 Å². The topological polar surface area (TPSA) is 105 Å². The summed E-state index contributed by atoms with van der Waals surface area (Å²) in [5.41, 5.74) is 0.839. The van der Waals surface area contributed by atoms with E-state index in [4.69, 9.17) is 4.74 Å². The predicted molar refractivity (Wildman–Crippen MR) is 117 cm³/mol. The Labute approximate surface area is 183 Å². The molecule has 2 amide bonds. The van der Waals surface area contributed by atoms with Crippen molar-refractivity contribution < 1.29 is 22.7 Å². The molecule has 30 heavy (non-hydrogen) atoms. The third kappa shape index (κ3) is 6.63. The van der Waals surface area contributed by atoms with Crippen molar-refractivity contribution in [1.82, 2.24) is 9.62 Å². The average Bonchev–Trinajstić information content (AvgIpc) is 3.43. The van der Waals surface area contributed by atoms with Crippen LogP contribution in [-0.4, -0.2) is 57.3 Å². The summed E-state index contributed by atoms with van der Waals surface area (Å²) in [4.78, 5) is 27.0. The maximum atomic E-state index is 13.2. The van der Waals surface area contributed by atoms with Gasteiger partial charge >= 0.3 is 15.7 Å². The van der Waals surface area contributed by atoms with Crippen molar-refractivity contribution in [1.29, 1.82) is 0 Å².